The van der Waals surface area contributed by atoms with E-state index in [4.69, 9.17) is 5.26 Å². The van der Waals surface area contributed by atoms with Crippen LogP contribution in [0.5, 0.6) is 0 Å². The first-order valence-corrected chi connectivity index (χ1v) is 4.25. The fourth-order valence-electron chi connectivity index (χ4n) is 1.23. The Morgan fingerprint density at radius 3 is 2.62 bits per heavy atom. The molecule has 1 N–H and O–H groups in total. The minimum absolute atomic E-state index is 0.368. The number of aryl methyl sites for hydroxylation is 2. The van der Waals surface area contributed by atoms with Crippen molar-refractivity contribution >= 4 is 0 Å². The molecule has 0 saturated heterocycles. The molecule has 0 fully saturated rings. The summed E-state index contributed by atoms with van der Waals surface area (Å²) >= 11 is 0. The SMILES string of the molecule is CCc1nc(=O)[nH]c(CC)c1C#N. The van der Waals surface area contributed by atoms with Crippen molar-refractivity contribution in [2.45, 2.75) is 26.7 Å². The Bertz CT molecular complexity index is 372. The third-order valence-electron chi connectivity index (χ3n) is 1.88. The zero-order valence-electron chi connectivity index (χ0n) is 7.72. The molecule has 68 valence electrons. The maximum Gasteiger partial charge on any atom is 0.345 e. The second kappa shape index (κ2) is 3.85. The van der Waals surface area contributed by atoms with Gasteiger partial charge in [0, 0.05) is 5.69 Å². The van der Waals surface area contributed by atoms with Gasteiger partial charge in [0.2, 0.25) is 0 Å². The quantitative estimate of drug-likeness (QED) is 0.725. The molecule has 1 rings (SSSR count). The molecular formula is C9H11N3O. The molecule has 1 heterocycles. The van der Waals surface area contributed by atoms with Crippen LogP contribution in [-0.2, 0) is 12.8 Å². The molecule has 1 aromatic heterocycles. The molecule has 0 spiro atoms. The minimum atomic E-state index is -0.368. The van der Waals surface area contributed by atoms with Crippen molar-refractivity contribution in [2.24, 2.45) is 0 Å². The molecule has 0 bridgehead atoms. The molecule has 4 heteroatoms. The predicted molar refractivity (Wildman–Crippen MR) is 48.3 cm³/mol. The third kappa shape index (κ3) is 1.75. The van der Waals surface area contributed by atoms with Crippen molar-refractivity contribution < 1.29 is 0 Å². The molecule has 0 aliphatic carbocycles. The van der Waals surface area contributed by atoms with E-state index in [1.54, 1.807) is 0 Å². The summed E-state index contributed by atoms with van der Waals surface area (Å²) in [5.41, 5.74) is 1.42. The summed E-state index contributed by atoms with van der Waals surface area (Å²) in [5, 5.41) is 8.84. The first-order valence-electron chi connectivity index (χ1n) is 4.25. The number of nitrogens with one attached hydrogen (secondary N) is 1. The average molecular weight is 177 g/mol. The van der Waals surface area contributed by atoms with E-state index >= 15 is 0 Å². The van der Waals surface area contributed by atoms with E-state index in [9.17, 15) is 4.79 Å². The summed E-state index contributed by atoms with van der Waals surface area (Å²) in [6.45, 7) is 3.77. The first-order chi connectivity index (χ1) is 6.22. The lowest BCUT2D eigenvalue weighted by atomic mass is 10.1. The normalized spacial score (nSPS) is 9.62. The first kappa shape index (κ1) is 9.46. The highest BCUT2D eigenvalue weighted by Gasteiger charge is 2.08. The lowest BCUT2D eigenvalue weighted by molar-refractivity contribution is 0.887. The molecule has 0 aliphatic heterocycles. The monoisotopic (exact) mass is 177 g/mol. The molecule has 13 heavy (non-hydrogen) atoms. The lowest BCUT2D eigenvalue weighted by Crippen LogP contribution is -2.17. The molecule has 0 aliphatic rings. The highest BCUT2D eigenvalue weighted by Crippen LogP contribution is 2.07. The standard InChI is InChI=1S/C9H11N3O/c1-3-7-6(5-10)8(4-2)12-9(13)11-7/h3-4H2,1-2H3,(H,11,12,13). The van der Waals surface area contributed by atoms with Crippen LogP contribution in [0, 0.1) is 11.3 Å². The van der Waals surface area contributed by atoms with Gasteiger partial charge >= 0.3 is 5.69 Å². The Morgan fingerprint density at radius 2 is 2.15 bits per heavy atom. The molecule has 0 aromatic carbocycles. The van der Waals surface area contributed by atoms with Gasteiger partial charge in [-0.25, -0.2) is 4.79 Å². The zero-order chi connectivity index (χ0) is 9.84. The average Bonchev–Trinajstić information content (AvgIpc) is 2.16. The van der Waals surface area contributed by atoms with Gasteiger partial charge in [0.15, 0.2) is 0 Å². The number of aromatic nitrogens is 2. The number of hydrogen-bond acceptors (Lipinski definition) is 3. The fraction of sp³-hybridized carbons (Fsp3) is 0.444. The van der Waals surface area contributed by atoms with Gasteiger partial charge in [0.05, 0.1) is 11.3 Å². The van der Waals surface area contributed by atoms with Crippen LogP contribution in [0.15, 0.2) is 4.79 Å². The molecule has 0 radical (unpaired) electrons. The van der Waals surface area contributed by atoms with Crippen LogP contribution < -0.4 is 5.69 Å². The number of nitriles is 1. The van der Waals surface area contributed by atoms with Crippen LogP contribution in [0.3, 0.4) is 0 Å². The van der Waals surface area contributed by atoms with Crippen molar-refractivity contribution in [2.75, 3.05) is 0 Å². The van der Waals surface area contributed by atoms with Crippen LogP contribution >= 0.6 is 0 Å². The minimum Gasteiger partial charge on any atom is -0.308 e. The van der Waals surface area contributed by atoms with Crippen LogP contribution in [0.2, 0.25) is 0 Å². The van der Waals surface area contributed by atoms with E-state index < -0.39 is 0 Å². The van der Waals surface area contributed by atoms with Crippen molar-refractivity contribution in [1.29, 1.82) is 5.26 Å². The predicted octanol–water partition coefficient (Wildman–Crippen LogP) is 0.766. The van der Waals surface area contributed by atoms with Crippen LogP contribution in [-0.4, -0.2) is 9.97 Å². The van der Waals surface area contributed by atoms with Gasteiger partial charge < -0.3 is 4.98 Å². The van der Waals surface area contributed by atoms with Crippen LogP contribution in [0.25, 0.3) is 0 Å². The van der Waals surface area contributed by atoms with Gasteiger partial charge in [-0.1, -0.05) is 13.8 Å². The largest absolute Gasteiger partial charge is 0.345 e. The Balaban J connectivity index is 3.45. The number of nitrogens with zero attached hydrogens (tertiary/aromatic N) is 2. The van der Waals surface area contributed by atoms with Crippen molar-refractivity contribution in [3.63, 3.8) is 0 Å². The maximum atomic E-state index is 11.0. The molecule has 1 aromatic rings. The van der Waals surface area contributed by atoms with E-state index in [2.05, 4.69) is 16.0 Å². The molecule has 4 nitrogen and oxygen atoms in total. The highest BCUT2D eigenvalue weighted by molar-refractivity contribution is 5.36. The van der Waals surface area contributed by atoms with Gasteiger partial charge in [0.25, 0.3) is 0 Å². The summed E-state index contributed by atoms with van der Waals surface area (Å²) < 4.78 is 0. The van der Waals surface area contributed by atoms with E-state index in [1.807, 2.05) is 13.8 Å². The van der Waals surface area contributed by atoms with Gasteiger partial charge in [0.1, 0.15) is 6.07 Å². The molecule has 0 amide bonds. The Morgan fingerprint density at radius 1 is 1.46 bits per heavy atom. The topological polar surface area (TPSA) is 69.5 Å². The molecule has 0 saturated carbocycles. The number of hydrogen-bond donors (Lipinski definition) is 1. The maximum absolute atomic E-state index is 11.0. The van der Waals surface area contributed by atoms with Gasteiger partial charge in [-0.2, -0.15) is 10.2 Å². The van der Waals surface area contributed by atoms with E-state index in [0.29, 0.717) is 29.8 Å². The van der Waals surface area contributed by atoms with Crippen molar-refractivity contribution in [3.05, 3.63) is 27.4 Å². The number of aromatic amines is 1. The highest BCUT2D eigenvalue weighted by atomic mass is 16.1. The summed E-state index contributed by atoms with van der Waals surface area (Å²) in [4.78, 5) is 17.3. The van der Waals surface area contributed by atoms with E-state index in [-0.39, 0.29) is 5.69 Å². The fourth-order valence-corrected chi connectivity index (χ4v) is 1.23. The summed E-state index contributed by atoms with van der Waals surface area (Å²) in [6.07, 6.45) is 1.26. The molecule has 0 unspecified atom stereocenters. The third-order valence-corrected chi connectivity index (χ3v) is 1.88. The van der Waals surface area contributed by atoms with Crippen LogP contribution in [0.4, 0.5) is 0 Å². The zero-order valence-corrected chi connectivity index (χ0v) is 7.72. The molecule has 0 atom stereocenters. The molecular weight excluding hydrogens is 166 g/mol. The number of H-pyrrole nitrogens is 1. The van der Waals surface area contributed by atoms with Gasteiger partial charge in [-0.15, -0.1) is 0 Å². The smallest absolute Gasteiger partial charge is 0.308 e. The van der Waals surface area contributed by atoms with Crippen molar-refractivity contribution in [1.82, 2.24) is 9.97 Å². The van der Waals surface area contributed by atoms with E-state index in [1.165, 1.54) is 0 Å². The van der Waals surface area contributed by atoms with E-state index in [0.717, 1.165) is 0 Å². The van der Waals surface area contributed by atoms with Crippen LogP contribution in [0.1, 0.15) is 30.8 Å². The summed E-state index contributed by atoms with van der Waals surface area (Å²) in [6, 6.07) is 2.06. The Hall–Kier alpha value is -1.63. The van der Waals surface area contributed by atoms with Crippen molar-refractivity contribution in [3.8, 4) is 6.07 Å². The van der Waals surface area contributed by atoms with Gasteiger partial charge in [-0.05, 0) is 12.8 Å². The lowest BCUT2D eigenvalue weighted by Gasteiger charge is -2.03. The second-order valence-electron chi connectivity index (χ2n) is 2.66. The Kier molecular flexibility index (Phi) is 2.80. The Labute approximate surface area is 76.2 Å². The second-order valence-corrected chi connectivity index (χ2v) is 2.66. The van der Waals surface area contributed by atoms with Gasteiger partial charge in [-0.3, -0.25) is 0 Å². The summed E-state index contributed by atoms with van der Waals surface area (Å²) in [7, 11) is 0. The number of rotatable bonds is 2. The summed E-state index contributed by atoms with van der Waals surface area (Å²) in [5.74, 6) is 0.